The van der Waals surface area contributed by atoms with Crippen molar-refractivity contribution in [3.05, 3.63) is 82.2 Å². The van der Waals surface area contributed by atoms with E-state index in [2.05, 4.69) is 15.0 Å². The van der Waals surface area contributed by atoms with Gasteiger partial charge in [-0.3, -0.25) is 15.1 Å². The molecule has 1 fully saturated rings. The minimum atomic E-state index is -0.337. The number of nitro groups is 1. The maximum absolute atomic E-state index is 11.7. The lowest BCUT2D eigenvalue weighted by Gasteiger charge is -2.28. The van der Waals surface area contributed by atoms with E-state index in [1.807, 2.05) is 53.4 Å². The lowest BCUT2D eigenvalue weighted by molar-refractivity contribution is -0.384. The summed E-state index contributed by atoms with van der Waals surface area (Å²) in [5.74, 6) is 1.63. The Labute approximate surface area is 220 Å². The van der Waals surface area contributed by atoms with Crippen molar-refractivity contribution in [2.45, 2.75) is 10.1 Å². The molecule has 6 rings (SSSR count). The van der Waals surface area contributed by atoms with Gasteiger partial charge >= 0.3 is 0 Å². The number of nitrogens with zero attached hydrogens (tertiary/aromatic N) is 5. The minimum Gasteiger partial charge on any atom is -0.378 e. The van der Waals surface area contributed by atoms with Crippen molar-refractivity contribution in [2.24, 2.45) is 4.99 Å². The molecule has 3 heterocycles. The fourth-order valence-corrected chi connectivity index (χ4v) is 6.20. The van der Waals surface area contributed by atoms with Crippen LogP contribution in [0.5, 0.6) is 0 Å². The summed E-state index contributed by atoms with van der Waals surface area (Å²) in [4.78, 5) is 30.6. The number of benzene rings is 3. The van der Waals surface area contributed by atoms with Gasteiger partial charge in [-0.15, -0.1) is 11.3 Å². The number of thiazole rings is 1. The normalized spacial score (nSPS) is 14.2. The number of rotatable bonds is 7. The van der Waals surface area contributed by atoms with Crippen LogP contribution in [0.4, 0.5) is 17.1 Å². The zero-order valence-electron chi connectivity index (χ0n) is 19.7. The Kier molecular flexibility index (Phi) is 6.56. The summed E-state index contributed by atoms with van der Waals surface area (Å²) in [7, 11) is 0. The number of para-hydroxylation sites is 2. The zero-order valence-corrected chi connectivity index (χ0v) is 21.3. The van der Waals surface area contributed by atoms with Crippen molar-refractivity contribution < 1.29 is 9.66 Å². The SMILES string of the molecule is O=[N+]([O-])c1cc(C=Nc2ccc3nc(SCc4nc5ccccc5[nH]4)sc3c2)ccc1N1CCOCC1. The first-order chi connectivity index (χ1) is 18.1. The summed E-state index contributed by atoms with van der Waals surface area (Å²) in [5, 5.41) is 11.7. The minimum absolute atomic E-state index is 0.0786. The molecule has 11 heteroatoms. The fourth-order valence-electron chi connectivity index (χ4n) is 4.23. The summed E-state index contributed by atoms with van der Waals surface area (Å²) in [6.07, 6.45) is 1.66. The van der Waals surface area contributed by atoms with Crippen LogP contribution in [0.2, 0.25) is 0 Å². The Morgan fingerprint density at radius 2 is 1.97 bits per heavy atom. The molecule has 0 bridgehead atoms. The third kappa shape index (κ3) is 5.19. The molecule has 2 aromatic heterocycles. The number of H-pyrrole nitrogens is 1. The number of nitro benzene ring substituents is 1. The lowest BCUT2D eigenvalue weighted by atomic mass is 10.1. The number of nitrogens with one attached hydrogen (secondary N) is 1. The highest BCUT2D eigenvalue weighted by atomic mass is 32.2. The number of hydrogen-bond acceptors (Lipinski definition) is 9. The summed E-state index contributed by atoms with van der Waals surface area (Å²) in [5.41, 5.74) is 5.05. The van der Waals surface area contributed by atoms with Gasteiger partial charge in [-0.1, -0.05) is 30.0 Å². The second-order valence-electron chi connectivity index (χ2n) is 8.48. The van der Waals surface area contributed by atoms with Gasteiger partial charge in [-0.05, 0) is 42.0 Å². The van der Waals surface area contributed by atoms with E-state index >= 15 is 0 Å². The zero-order chi connectivity index (χ0) is 25.2. The molecule has 0 unspecified atom stereocenters. The van der Waals surface area contributed by atoms with E-state index < -0.39 is 0 Å². The first-order valence-corrected chi connectivity index (χ1v) is 13.5. The molecule has 0 saturated carbocycles. The van der Waals surface area contributed by atoms with Crippen molar-refractivity contribution >= 4 is 67.6 Å². The van der Waals surface area contributed by atoms with Gasteiger partial charge in [0.1, 0.15) is 11.5 Å². The standard InChI is InChI=1S/C26H22N6O3S2/c33-32(34)23-13-17(5-8-22(23)31-9-11-35-12-10-31)15-27-18-6-7-21-24(14-18)37-26(30-21)36-16-25-28-19-3-1-2-4-20(19)29-25/h1-8,13-15H,9-12,16H2,(H,28,29). The number of aliphatic imine (C=N–C) groups is 1. The van der Waals surface area contributed by atoms with E-state index in [0.717, 1.165) is 37.1 Å². The molecule has 0 amide bonds. The molecule has 9 nitrogen and oxygen atoms in total. The molecule has 1 aliphatic heterocycles. The topological polar surface area (TPSA) is 110 Å². The van der Waals surface area contributed by atoms with Gasteiger partial charge < -0.3 is 14.6 Å². The lowest BCUT2D eigenvalue weighted by Crippen LogP contribution is -2.36. The second kappa shape index (κ2) is 10.3. The first-order valence-electron chi connectivity index (χ1n) is 11.7. The average Bonchev–Trinajstić information content (AvgIpc) is 3.54. The number of imidazole rings is 1. The molecule has 1 N–H and O–H groups in total. The average molecular weight is 531 g/mol. The Morgan fingerprint density at radius 1 is 1.11 bits per heavy atom. The highest BCUT2D eigenvalue weighted by molar-refractivity contribution is 8.00. The van der Waals surface area contributed by atoms with Crippen molar-refractivity contribution in [3.63, 3.8) is 0 Å². The van der Waals surface area contributed by atoms with Crippen LogP contribution in [0.15, 0.2) is 70.0 Å². The van der Waals surface area contributed by atoms with Gasteiger partial charge in [-0.25, -0.2) is 9.97 Å². The number of anilines is 1. The molecule has 0 spiro atoms. The van der Waals surface area contributed by atoms with Gasteiger partial charge in [0.25, 0.3) is 5.69 Å². The van der Waals surface area contributed by atoms with Crippen LogP contribution < -0.4 is 4.90 Å². The number of morpholine rings is 1. The first kappa shape index (κ1) is 23.6. The van der Waals surface area contributed by atoms with Crippen LogP contribution in [0, 0.1) is 10.1 Å². The summed E-state index contributed by atoms with van der Waals surface area (Å²) >= 11 is 3.26. The Morgan fingerprint density at radius 3 is 2.81 bits per heavy atom. The van der Waals surface area contributed by atoms with E-state index in [0.29, 0.717) is 43.3 Å². The van der Waals surface area contributed by atoms with Crippen molar-refractivity contribution in [1.82, 2.24) is 15.0 Å². The van der Waals surface area contributed by atoms with Crippen LogP contribution in [0.1, 0.15) is 11.4 Å². The van der Waals surface area contributed by atoms with Gasteiger partial charge in [0.15, 0.2) is 4.34 Å². The largest absolute Gasteiger partial charge is 0.378 e. The number of fused-ring (bicyclic) bond motifs is 2. The molecule has 0 aliphatic carbocycles. The third-order valence-corrected chi connectivity index (χ3v) is 8.21. The third-order valence-electron chi connectivity index (χ3n) is 6.03. The van der Waals surface area contributed by atoms with Crippen molar-refractivity contribution in [3.8, 4) is 0 Å². The van der Waals surface area contributed by atoms with Crippen LogP contribution in [-0.4, -0.2) is 52.4 Å². The molecule has 186 valence electrons. The summed E-state index contributed by atoms with van der Waals surface area (Å²) in [6.45, 7) is 2.42. The van der Waals surface area contributed by atoms with Gasteiger partial charge in [0.2, 0.25) is 0 Å². The molecule has 5 aromatic rings. The number of thioether (sulfide) groups is 1. The van der Waals surface area contributed by atoms with Crippen molar-refractivity contribution in [1.29, 1.82) is 0 Å². The van der Waals surface area contributed by atoms with Gasteiger partial charge in [0, 0.05) is 25.4 Å². The number of aromatic nitrogens is 3. The molecule has 0 atom stereocenters. The summed E-state index contributed by atoms with van der Waals surface area (Å²) < 4.78 is 7.37. The molecule has 1 aliphatic rings. The molecule has 37 heavy (non-hydrogen) atoms. The maximum atomic E-state index is 11.7. The number of hydrogen-bond donors (Lipinski definition) is 1. The van der Waals surface area contributed by atoms with E-state index in [-0.39, 0.29) is 10.6 Å². The Balaban J connectivity index is 1.17. The molecular weight excluding hydrogens is 508 g/mol. The predicted molar refractivity (Wildman–Crippen MR) is 149 cm³/mol. The fraction of sp³-hybridized carbons (Fsp3) is 0.192. The molecule has 3 aromatic carbocycles. The smallest absolute Gasteiger partial charge is 0.293 e. The highest BCUT2D eigenvalue weighted by Gasteiger charge is 2.21. The quantitative estimate of drug-likeness (QED) is 0.120. The van der Waals surface area contributed by atoms with Crippen LogP contribution >= 0.6 is 23.1 Å². The Bertz CT molecular complexity index is 1590. The van der Waals surface area contributed by atoms with E-state index in [9.17, 15) is 10.1 Å². The van der Waals surface area contributed by atoms with Gasteiger partial charge in [-0.2, -0.15) is 0 Å². The molecule has 0 radical (unpaired) electrons. The molecule has 1 saturated heterocycles. The summed E-state index contributed by atoms with van der Waals surface area (Å²) in [6, 6.07) is 19.1. The highest BCUT2D eigenvalue weighted by Crippen LogP contribution is 2.34. The Hall–Kier alpha value is -3.80. The van der Waals surface area contributed by atoms with Gasteiger partial charge in [0.05, 0.1) is 50.8 Å². The van der Waals surface area contributed by atoms with E-state index in [4.69, 9.17) is 9.72 Å². The van der Waals surface area contributed by atoms with Crippen LogP contribution in [-0.2, 0) is 10.5 Å². The van der Waals surface area contributed by atoms with Crippen molar-refractivity contribution in [2.75, 3.05) is 31.2 Å². The maximum Gasteiger partial charge on any atom is 0.293 e. The monoisotopic (exact) mass is 530 g/mol. The van der Waals surface area contributed by atoms with E-state index in [1.54, 1.807) is 41.4 Å². The van der Waals surface area contributed by atoms with E-state index in [1.165, 1.54) is 0 Å². The van der Waals surface area contributed by atoms with Crippen LogP contribution in [0.3, 0.4) is 0 Å². The molecular formula is C26H22N6O3S2. The number of aromatic amines is 1. The predicted octanol–water partition coefficient (Wildman–Crippen LogP) is 5.96. The second-order valence-corrected chi connectivity index (χ2v) is 10.7. The van der Waals surface area contributed by atoms with Crippen LogP contribution in [0.25, 0.3) is 21.3 Å². The number of ether oxygens (including phenoxy) is 1.